The van der Waals surface area contributed by atoms with E-state index >= 15 is 0 Å². The van der Waals surface area contributed by atoms with Crippen LogP contribution in [0.1, 0.15) is 11.1 Å². The summed E-state index contributed by atoms with van der Waals surface area (Å²) < 4.78 is 7.72. The molecule has 0 bridgehead atoms. The normalized spacial score (nSPS) is 10.9. The van der Waals surface area contributed by atoms with Crippen LogP contribution in [0.5, 0.6) is 5.75 Å². The van der Waals surface area contributed by atoms with Crippen LogP contribution >= 0.6 is 0 Å². The molecule has 0 unspecified atom stereocenters. The molecule has 20 heavy (non-hydrogen) atoms. The lowest BCUT2D eigenvalue weighted by Gasteiger charge is -2.12. The van der Waals surface area contributed by atoms with Gasteiger partial charge in [0.25, 0.3) is 0 Å². The Morgan fingerprint density at radius 1 is 1.15 bits per heavy atom. The molecule has 2 aromatic carbocycles. The fraction of sp³-hybridized carbons (Fsp3) is 0.188. The highest BCUT2D eigenvalue weighted by Gasteiger charge is 2.12. The van der Waals surface area contributed by atoms with Crippen LogP contribution in [-0.2, 0) is 20.3 Å². The second kappa shape index (κ2) is 5.35. The van der Waals surface area contributed by atoms with Gasteiger partial charge in [-0.1, -0.05) is 42.5 Å². The Balaban J connectivity index is 1.98. The molecule has 4 nitrogen and oxygen atoms in total. The lowest BCUT2D eigenvalue weighted by atomic mass is 10.1. The van der Waals surface area contributed by atoms with Crippen LogP contribution in [0.25, 0.3) is 10.9 Å². The van der Waals surface area contributed by atoms with E-state index < -0.39 is 0 Å². The summed E-state index contributed by atoms with van der Waals surface area (Å²) in [4.78, 5) is 0. The smallest absolute Gasteiger partial charge is 0.151 e. The highest BCUT2D eigenvalue weighted by Crippen LogP contribution is 2.30. The van der Waals surface area contributed by atoms with Gasteiger partial charge in [-0.3, -0.25) is 4.68 Å². The van der Waals surface area contributed by atoms with Crippen LogP contribution in [0.4, 0.5) is 0 Å². The molecule has 102 valence electrons. The third kappa shape index (κ3) is 2.26. The van der Waals surface area contributed by atoms with Crippen molar-refractivity contribution in [2.45, 2.75) is 13.2 Å². The minimum absolute atomic E-state index is 0.0504. The fourth-order valence-electron chi connectivity index (χ4n) is 2.29. The van der Waals surface area contributed by atoms with E-state index in [0.29, 0.717) is 12.4 Å². The molecule has 0 saturated carbocycles. The van der Waals surface area contributed by atoms with Crippen LogP contribution in [0.3, 0.4) is 0 Å². The quantitative estimate of drug-likeness (QED) is 0.791. The highest BCUT2D eigenvalue weighted by atomic mass is 16.5. The number of hydrogen-bond acceptors (Lipinski definition) is 3. The van der Waals surface area contributed by atoms with Gasteiger partial charge in [-0.15, -0.1) is 0 Å². The zero-order chi connectivity index (χ0) is 13.9. The zero-order valence-corrected chi connectivity index (χ0v) is 11.3. The van der Waals surface area contributed by atoms with Gasteiger partial charge >= 0.3 is 0 Å². The summed E-state index contributed by atoms with van der Waals surface area (Å²) in [5.41, 5.74) is 2.78. The Labute approximate surface area is 117 Å². The van der Waals surface area contributed by atoms with Crippen LogP contribution < -0.4 is 4.74 Å². The van der Waals surface area contributed by atoms with Crippen LogP contribution in [0, 0.1) is 0 Å². The maximum Gasteiger partial charge on any atom is 0.151 e. The van der Waals surface area contributed by atoms with Crippen LogP contribution in [0.15, 0.2) is 48.7 Å². The summed E-state index contributed by atoms with van der Waals surface area (Å²) in [5.74, 6) is 0.703. The minimum Gasteiger partial charge on any atom is -0.486 e. The Hall–Kier alpha value is -2.33. The van der Waals surface area contributed by atoms with E-state index in [9.17, 15) is 5.11 Å². The number of benzene rings is 2. The number of aliphatic hydroxyl groups excluding tert-OH is 1. The number of rotatable bonds is 4. The molecule has 0 spiro atoms. The van der Waals surface area contributed by atoms with Gasteiger partial charge in [-0.2, -0.15) is 5.10 Å². The first-order valence-electron chi connectivity index (χ1n) is 6.51. The van der Waals surface area contributed by atoms with Crippen LogP contribution in [0.2, 0.25) is 0 Å². The predicted octanol–water partition coefficient (Wildman–Crippen LogP) is 2.64. The SMILES string of the molecule is Cn1ncc2ccc(CO)c(OCc3ccccc3)c21. The average Bonchev–Trinajstić information content (AvgIpc) is 2.87. The van der Waals surface area contributed by atoms with Crippen molar-refractivity contribution in [3.63, 3.8) is 0 Å². The Morgan fingerprint density at radius 2 is 1.95 bits per heavy atom. The van der Waals surface area contributed by atoms with Crippen molar-refractivity contribution in [1.29, 1.82) is 0 Å². The van der Waals surface area contributed by atoms with Crippen molar-refractivity contribution >= 4 is 10.9 Å². The predicted molar refractivity (Wildman–Crippen MR) is 77.4 cm³/mol. The third-order valence-electron chi connectivity index (χ3n) is 3.33. The number of aliphatic hydroxyl groups is 1. The topological polar surface area (TPSA) is 47.3 Å². The Bertz CT molecular complexity index is 720. The molecule has 1 aromatic heterocycles. The van der Waals surface area contributed by atoms with Crippen molar-refractivity contribution in [2.75, 3.05) is 0 Å². The van der Waals surface area contributed by atoms with Gasteiger partial charge in [0.2, 0.25) is 0 Å². The number of ether oxygens (including phenoxy) is 1. The summed E-state index contributed by atoms with van der Waals surface area (Å²) >= 11 is 0. The van der Waals surface area contributed by atoms with E-state index in [-0.39, 0.29) is 6.61 Å². The van der Waals surface area contributed by atoms with Crippen molar-refractivity contribution in [2.24, 2.45) is 7.05 Å². The Morgan fingerprint density at radius 3 is 2.70 bits per heavy atom. The van der Waals surface area contributed by atoms with E-state index in [2.05, 4.69) is 5.10 Å². The van der Waals surface area contributed by atoms with E-state index in [1.54, 1.807) is 10.9 Å². The van der Waals surface area contributed by atoms with Gasteiger partial charge in [0.05, 0.1) is 12.8 Å². The van der Waals surface area contributed by atoms with Crippen molar-refractivity contribution < 1.29 is 9.84 Å². The summed E-state index contributed by atoms with van der Waals surface area (Å²) in [6, 6.07) is 13.8. The first kappa shape index (κ1) is 12.7. The fourth-order valence-corrected chi connectivity index (χ4v) is 2.29. The van der Waals surface area contributed by atoms with Crippen molar-refractivity contribution in [3.8, 4) is 5.75 Å². The molecular weight excluding hydrogens is 252 g/mol. The van der Waals surface area contributed by atoms with Gasteiger partial charge < -0.3 is 9.84 Å². The molecule has 1 heterocycles. The number of aryl methyl sites for hydroxylation is 1. The first-order valence-corrected chi connectivity index (χ1v) is 6.51. The molecular formula is C16H16N2O2. The van der Waals surface area contributed by atoms with Crippen molar-refractivity contribution in [3.05, 3.63) is 59.8 Å². The van der Waals surface area contributed by atoms with E-state index in [1.807, 2.05) is 49.5 Å². The number of fused-ring (bicyclic) bond motifs is 1. The molecule has 0 atom stereocenters. The number of hydrogen-bond donors (Lipinski definition) is 1. The number of aromatic nitrogens is 2. The molecule has 0 radical (unpaired) electrons. The summed E-state index contributed by atoms with van der Waals surface area (Å²) in [7, 11) is 1.87. The third-order valence-corrected chi connectivity index (χ3v) is 3.33. The van der Waals surface area contributed by atoms with Gasteiger partial charge in [-0.25, -0.2) is 0 Å². The monoisotopic (exact) mass is 268 g/mol. The maximum absolute atomic E-state index is 9.49. The largest absolute Gasteiger partial charge is 0.486 e. The van der Waals surface area contributed by atoms with Gasteiger partial charge in [0.1, 0.15) is 12.1 Å². The minimum atomic E-state index is -0.0504. The van der Waals surface area contributed by atoms with Crippen LogP contribution in [-0.4, -0.2) is 14.9 Å². The molecule has 0 aliphatic rings. The molecule has 0 amide bonds. The molecule has 3 aromatic rings. The maximum atomic E-state index is 9.49. The highest BCUT2D eigenvalue weighted by molar-refractivity contribution is 5.86. The Kier molecular flexibility index (Phi) is 3.39. The standard InChI is InChI=1S/C16H16N2O2/c1-18-15-13(9-17-18)7-8-14(10-19)16(15)20-11-12-5-3-2-4-6-12/h2-9,19H,10-11H2,1H3. The lowest BCUT2D eigenvalue weighted by molar-refractivity contribution is 0.260. The zero-order valence-electron chi connectivity index (χ0n) is 11.3. The molecule has 0 aliphatic heterocycles. The van der Waals surface area contributed by atoms with Gasteiger partial charge in [0, 0.05) is 18.0 Å². The second-order valence-electron chi connectivity index (χ2n) is 4.69. The van der Waals surface area contributed by atoms with E-state index in [4.69, 9.17) is 4.74 Å². The molecule has 0 fully saturated rings. The molecule has 3 rings (SSSR count). The molecule has 4 heteroatoms. The first-order chi connectivity index (χ1) is 9.79. The second-order valence-corrected chi connectivity index (χ2v) is 4.69. The molecule has 1 N–H and O–H groups in total. The lowest BCUT2D eigenvalue weighted by Crippen LogP contribution is -2.02. The molecule has 0 aliphatic carbocycles. The molecule has 0 saturated heterocycles. The van der Waals surface area contributed by atoms with Gasteiger partial charge in [0.15, 0.2) is 5.75 Å². The summed E-state index contributed by atoms with van der Waals surface area (Å²) in [6.45, 7) is 0.420. The van der Waals surface area contributed by atoms with E-state index in [1.165, 1.54) is 0 Å². The van der Waals surface area contributed by atoms with Crippen molar-refractivity contribution in [1.82, 2.24) is 9.78 Å². The van der Waals surface area contributed by atoms with E-state index in [0.717, 1.165) is 22.0 Å². The summed E-state index contributed by atoms with van der Waals surface area (Å²) in [6.07, 6.45) is 1.80. The van der Waals surface area contributed by atoms with Gasteiger partial charge in [-0.05, 0) is 5.56 Å². The number of nitrogens with zero attached hydrogens (tertiary/aromatic N) is 2. The average molecular weight is 268 g/mol. The summed E-state index contributed by atoms with van der Waals surface area (Å²) in [5, 5.41) is 14.7.